The van der Waals surface area contributed by atoms with E-state index in [2.05, 4.69) is 15.1 Å². The van der Waals surface area contributed by atoms with Crippen molar-refractivity contribution in [2.45, 2.75) is 0 Å². The zero-order chi connectivity index (χ0) is 8.32. The molecule has 1 nitrogen and oxygen atoms in total. The van der Waals surface area contributed by atoms with Crippen LogP contribution in [0.3, 0.4) is 0 Å². The van der Waals surface area contributed by atoms with Gasteiger partial charge in [-0.3, -0.25) is 0 Å². The van der Waals surface area contributed by atoms with Crippen LogP contribution in [-0.4, -0.2) is 21.8 Å². The summed E-state index contributed by atoms with van der Waals surface area (Å²) >= 11 is 8.72. The van der Waals surface area contributed by atoms with Gasteiger partial charge in [-0.1, -0.05) is 0 Å². The van der Waals surface area contributed by atoms with E-state index in [1.54, 1.807) is 0 Å². The molecule has 1 atom stereocenters. The molecule has 0 radical (unpaired) electrons. The number of halogens is 1. The molecule has 60 valence electrons. The van der Waals surface area contributed by atoms with E-state index in [0.717, 1.165) is 5.75 Å². The minimum absolute atomic E-state index is 0.817. The maximum atomic E-state index is 5.90. The third-order valence-corrected chi connectivity index (χ3v) is 2.22. The first-order valence-corrected chi connectivity index (χ1v) is 8.37. The predicted octanol–water partition coefficient (Wildman–Crippen LogP) is 2.87. The van der Waals surface area contributed by atoms with E-state index in [1.165, 1.54) is 0 Å². The second-order valence-corrected chi connectivity index (χ2v) is 11.5. The van der Waals surface area contributed by atoms with Gasteiger partial charge in [-0.2, -0.15) is 0 Å². The number of hydrogen-bond donors (Lipinski definition) is 0. The molecular weight excluding hydrogens is 245 g/mol. The van der Waals surface area contributed by atoms with Crippen LogP contribution in [0.5, 0.6) is 5.75 Å². The van der Waals surface area contributed by atoms with Gasteiger partial charge in [0.1, 0.15) is 0 Å². The van der Waals surface area contributed by atoms with Crippen LogP contribution in [-0.2, 0) is 0 Å². The summed E-state index contributed by atoms with van der Waals surface area (Å²) in [5, 5.41) is -1.79. The zero-order valence-corrected chi connectivity index (χ0v) is 9.39. The van der Waals surface area contributed by atoms with Crippen LogP contribution in [0.1, 0.15) is 0 Å². The fourth-order valence-corrected chi connectivity index (χ4v) is 1.95. The number of hydrogen-bond acceptors (Lipinski definition) is 1. The average Bonchev–Trinajstić information content (AvgIpc) is 1.85. The summed E-state index contributed by atoms with van der Waals surface area (Å²) in [4.78, 5) is 0. The van der Waals surface area contributed by atoms with Gasteiger partial charge in [-0.15, -0.1) is 0 Å². The van der Waals surface area contributed by atoms with Crippen molar-refractivity contribution < 1.29 is 4.52 Å². The Morgan fingerprint density at radius 1 is 1.36 bits per heavy atom. The molecule has 0 spiro atoms. The topological polar surface area (TPSA) is 9.23 Å². The number of para-hydroxylation sites is 1. The van der Waals surface area contributed by atoms with Crippen LogP contribution in [0.15, 0.2) is 30.3 Å². The van der Waals surface area contributed by atoms with Crippen molar-refractivity contribution in [3.63, 3.8) is 0 Å². The average molecular weight is 254 g/mol. The molecule has 0 bridgehead atoms. The third kappa shape index (κ3) is 3.98. The molecule has 1 rings (SSSR count). The molecule has 0 saturated heterocycles. The molecule has 1 unspecified atom stereocenters. The van der Waals surface area contributed by atoms with E-state index in [-0.39, 0.29) is 0 Å². The van der Waals surface area contributed by atoms with E-state index < -0.39 is 5.09 Å². The van der Waals surface area contributed by atoms with Gasteiger partial charge in [0.25, 0.3) is 0 Å². The Hall–Kier alpha value is 0.259. The second kappa shape index (κ2) is 3.78. The Labute approximate surface area is 78.8 Å². The van der Waals surface area contributed by atoms with Gasteiger partial charge in [0.2, 0.25) is 0 Å². The van der Waals surface area contributed by atoms with Crippen molar-refractivity contribution >= 4 is 31.4 Å². The Morgan fingerprint density at radius 3 is 2.36 bits per heavy atom. The molecule has 4 heteroatoms. The van der Waals surface area contributed by atoms with Crippen LogP contribution < -0.4 is 4.52 Å². The van der Waals surface area contributed by atoms with Crippen LogP contribution in [0, 0.1) is 0 Å². The molecule has 0 aliphatic rings. The van der Waals surface area contributed by atoms with Gasteiger partial charge in [-0.25, -0.2) is 0 Å². The summed E-state index contributed by atoms with van der Waals surface area (Å²) in [6.07, 6.45) is 0. The summed E-state index contributed by atoms with van der Waals surface area (Å²) in [6.45, 7) is 1.86. The van der Waals surface area contributed by atoms with Crippen molar-refractivity contribution in [1.82, 2.24) is 0 Å². The molecule has 0 saturated carbocycles. The molecule has 0 N–H and O–H groups in total. The van der Waals surface area contributed by atoms with Crippen LogP contribution in [0.25, 0.3) is 0 Å². The normalized spacial score (nSPS) is 15.5. The van der Waals surface area contributed by atoms with Crippen molar-refractivity contribution in [1.29, 1.82) is 0 Å². The second-order valence-electron chi connectivity index (χ2n) is 2.15. The Kier molecular flexibility index (Phi) is 3.21. The first kappa shape index (κ1) is 9.35. The first-order chi connectivity index (χ1) is 5.08. The molecule has 0 aliphatic heterocycles. The zero-order valence-electron chi connectivity index (χ0n) is 6.03. The number of benzene rings is 1. The van der Waals surface area contributed by atoms with E-state index in [9.17, 15) is 0 Å². The molecule has 0 heterocycles. The van der Waals surface area contributed by atoms with Gasteiger partial charge < -0.3 is 0 Å². The molecule has 0 amide bonds. The fourth-order valence-electron chi connectivity index (χ4n) is 0.670. The van der Waals surface area contributed by atoms with Gasteiger partial charge in [0.05, 0.1) is 0 Å². The van der Waals surface area contributed by atoms with Gasteiger partial charge in [0, 0.05) is 0 Å². The van der Waals surface area contributed by atoms with Gasteiger partial charge in [0.15, 0.2) is 0 Å². The summed E-state index contributed by atoms with van der Waals surface area (Å²) in [6, 6.07) is 9.55. The molecule has 1 aromatic carbocycles. The van der Waals surface area contributed by atoms with E-state index >= 15 is 0 Å². The standard InChI is InChI=1S/C7H8ClOPSe/c1-10(8,11)9-7-5-3-2-4-6-7/h2-6H,1H3. The van der Waals surface area contributed by atoms with Crippen molar-refractivity contribution in [2.24, 2.45) is 0 Å². The van der Waals surface area contributed by atoms with Crippen molar-refractivity contribution in [3.8, 4) is 5.75 Å². The van der Waals surface area contributed by atoms with E-state index in [1.807, 2.05) is 37.0 Å². The summed E-state index contributed by atoms with van der Waals surface area (Å²) in [5.41, 5.74) is 0. The van der Waals surface area contributed by atoms with Crippen LogP contribution in [0.2, 0.25) is 0 Å². The molecular formula is C7H8ClOPSe. The van der Waals surface area contributed by atoms with Crippen LogP contribution >= 0.6 is 16.3 Å². The fraction of sp³-hybridized carbons (Fsp3) is 0.143. The van der Waals surface area contributed by atoms with Crippen molar-refractivity contribution in [3.05, 3.63) is 30.3 Å². The molecule has 0 aromatic heterocycles. The third-order valence-electron chi connectivity index (χ3n) is 1.01. The summed E-state index contributed by atoms with van der Waals surface area (Å²) < 4.78 is 5.42. The maximum absolute atomic E-state index is 5.90. The van der Waals surface area contributed by atoms with Crippen molar-refractivity contribution in [2.75, 3.05) is 6.66 Å². The molecule has 11 heavy (non-hydrogen) atoms. The SMILES string of the molecule is CP(Cl)(=[Se])Oc1ccccc1. The van der Waals surface area contributed by atoms with Gasteiger partial charge >= 0.3 is 78.7 Å². The quantitative estimate of drug-likeness (QED) is 0.582. The monoisotopic (exact) mass is 254 g/mol. The van der Waals surface area contributed by atoms with Crippen LogP contribution in [0.4, 0.5) is 0 Å². The molecule has 1 aromatic rings. The molecule has 0 fully saturated rings. The van der Waals surface area contributed by atoms with E-state index in [4.69, 9.17) is 15.8 Å². The summed E-state index contributed by atoms with van der Waals surface area (Å²) in [7, 11) is 0. The first-order valence-electron chi connectivity index (χ1n) is 3.10. The minimum atomic E-state index is -1.79. The van der Waals surface area contributed by atoms with E-state index in [0.29, 0.717) is 0 Å². The Balaban J connectivity index is 2.74. The Morgan fingerprint density at radius 2 is 1.91 bits per heavy atom. The van der Waals surface area contributed by atoms with Gasteiger partial charge in [-0.05, 0) is 0 Å². The Bertz CT molecular complexity index is 269. The molecule has 0 aliphatic carbocycles. The summed E-state index contributed by atoms with van der Waals surface area (Å²) in [5.74, 6) is 0.817. The predicted molar refractivity (Wildman–Crippen MR) is 51.5 cm³/mol. The number of rotatable bonds is 2.